The van der Waals surface area contributed by atoms with Crippen LogP contribution >= 0.6 is 0 Å². The van der Waals surface area contributed by atoms with E-state index in [9.17, 15) is 9.59 Å². The number of hydrogen-bond donors (Lipinski definition) is 1. The van der Waals surface area contributed by atoms with Crippen LogP contribution in [0.2, 0.25) is 0 Å². The maximum atomic E-state index is 10.1. The van der Waals surface area contributed by atoms with E-state index >= 15 is 0 Å². The van der Waals surface area contributed by atoms with Gasteiger partial charge < -0.3 is 14.6 Å². The fourth-order valence-electron chi connectivity index (χ4n) is 0.282. The summed E-state index contributed by atoms with van der Waals surface area (Å²) in [6, 6.07) is 0. The Morgan fingerprint density at radius 2 is 2.20 bits per heavy atom. The van der Waals surface area contributed by atoms with Gasteiger partial charge >= 0.3 is 5.97 Å². The second-order valence-electron chi connectivity index (χ2n) is 2.40. The lowest BCUT2D eigenvalue weighted by atomic mass is 10.2. The number of carboxylic acid groups (broad SMARTS) is 1. The van der Waals surface area contributed by atoms with Gasteiger partial charge in [-0.05, 0) is 13.8 Å². The molecule has 0 saturated heterocycles. The number of carboxylic acids is 1. The number of carbonyl (C=O) groups excluding carboxylic acids is 1. The summed E-state index contributed by atoms with van der Waals surface area (Å²) in [6.07, 6.45) is 0.565. The first-order chi connectivity index (χ1) is 4.48. The van der Waals surface area contributed by atoms with Crippen molar-refractivity contribution in [3.8, 4) is 0 Å². The van der Waals surface area contributed by atoms with Gasteiger partial charge in [0.2, 0.25) is 0 Å². The number of hydrogen-bond acceptors (Lipinski definition) is 3. The number of rotatable bonds is 4. The second-order valence-corrected chi connectivity index (χ2v) is 2.40. The molecular weight excluding hydrogens is 136 g/mol. The lowest BCUT2D eigenvalue weighted by Crippen LogP contribution is -2.28. The smallest absolute Gasteiger partial charge is 0.329 e. The van der Waals surface area contributed by atoms with E-state index in [0.717, 1.165) is 0 Å². The Bertz CT molecular complexity index is 139. The SMILES string of the molecule is CC(C)(C=O)OCC(=O)O. The molecule has 0 aliphatic heterocycles. The minimum atomic E-state index is -1.07. The van der Waals surface area contributed by atoms with Crippen molar-refractivity contribution < 1.29 is 19.4 Å². The van der Waals surface area contributed by atoms with E-state index in [4.69, 9.17) is 5.11 Å². The predicted octanol–water partition coefficient (Wildman–Crippen LogP) is 0.0651. The van der Waals surface area contributed by atoms with Gasteiger partial charge in [-0.1, -0.05) is 0 Å². The van der Waals surface area contributed by atoms with Crippen LogP contribution in [0, 0.1) is 0 Å². The third kappa shape index (κ3) is 4.03. The molecular formula is C6H10O4. The quantitative estimate of drug-likeness (QED) is 0.570. The topological polar surface area (TPSA) is 63.6 Å². The van der Waals surface area contributed by atoms with Gasteiger partial charge in [-0.2, -0.15) is 0 Å². The third-order valence-electron chi connectivity index (χ3n) is 0.851. The molecule has 0 aromatic carbocycles. The van der Waals surface area contributed by atoms with Gasteiger partial charge in [0.25, 0.3) is 0 Å². The molecule has 1 N–H and O–H groups in total. The molecule has 4 heteroatoms. The van der Waals surface area contributed by atoms with Crippen LogP contribution in [0.15, 0.2) is 0 Å². The van der Waals surface area contributed by atoms with Crippen LogP contribution < -0.4 is 0 Å². The molecule has 0 amide bonds. The average Bonchev–Trinajstić information content (AvgIpc) is 1.85. The van der Waals surface area contributed by atoms with Crippen molar-refractivity contribution in [1.29, 1.82) is 0 Å². The highest BCUT2D eigenvalue weighted by Gasteiger charge is 2.17. The average molecular weight is 146 g/mol. The monoisotopic (exact) mass is 146 g/mol. The van der Waals surface area contributed by atoms with Crippen molar-refractivity contribution in [2.45, 2.75) is 19.4 Å². The van der Waals surface area contributed by atoms with Crippen molar-refractivity contribution >= 4 is 12.3 Å². The zero-order chi connectivity index (χ0) is 8.20. The number of ether oxygens (including phenoxy) is 1. The minimum Gasteiger partial charge on any atom is -0.480 e. The molecule has 0 saturated carbocycles. The summed E-state index contributed by atoms with van der Waals surface area (Å²) in [4.78, 5) is 20.0. The minimum absolute atomic E-state index is 0.439. The summed E-state index contributed by atoms with van der Waals surface area (Å²) in [5.74, 6) is -1.07. The molecule has 0 radical (unpaired) electrons. The molecule has 0 spiro atoms. The van der Waals surface area contributed by atoms with Gasteiger partial charge in [0.1, 0.15) is 12.2 Å². The molecule has 0 aliphatic rings. The van der Waals surface area contributed by atoms with Crippen LogP contribution in [0.4, 0.5) is 0 Å². The third-order valence-corrected chi connectivity index (χ3v) is 0.851. The molecule has 58 valence electrons. The van der Waals surface area contributed by atoms with Crippen molar-refractivity contribution in [2.24, 2.45) is 0 Å². The van der Waals surface area contributed by atoms with E-state index in [2.05, 4.69) is 4.74 Å². The zero-order valence-corrected chi connectivity index (χ0v) is 5.96. The van der Waals surface area contributed by atoms with Crippen LogP contribution in [-0.2, 0) is 14.3 Å². The lowest BCUT2D eigenvalue weighted by Gasteiger charge is -2.15. The lowest BCUT2D eigenvalue weighted by molar-refractivity contribution is -0.149. The Morgan fingerprint density at radius 1 is 1.70 bits per heavy atom. The summed E-state index contributed by atoms with van der Waals surface area (Å²) < 4.78 is 4.67. The molecule has 0 rings (SSSR count). The first kappa shape index (κ1) is 9.10. The molecule has 0 atom stereocenters. The first-order valence-electron chi connectivity index (χ1n) is 2.80. The molecule has 0 heterocycles. The molecule has 4 nitrogen and oxygen atoms in total. The molecule has 0 aliphatic carbocycles. The van der Waals surface area contributed by atoms with Crippen LogP contribution in [0.5, 0.6) is 0 Å². The summed E-state index contributed by atoms with van der Waals surface area (Å²) in [5.41, 5.74) is -0.988. The summed E-state index contributed by atoms with van der Waals surface area (Å²) in [6.45, 7) is 2.57. The van der Waals surface area contributed by atoms with E-state index < -0.39 is 18.2 Å². The highest BCUT2D eigenvalue weighted by atomic mass is 16.5. The molecule has 0 bridgehead atoms. The van der Waals surface area contributed by atoms with Gasteiger partial charge in [0.15, 0.2) is 6.29 Å². The fourth-order valence-corrected chi connectivity index (χ4v) is 0.282. The Balaban J connectivity index is 3.67. The normalized spacial score (nSPS) is 11.0. The van der Waals surface area contributed by atoms with Crippen molar-refractivity contribution in [3.63, 3.8) is 0 Å². The highest BCUT2D eigenvalue weighted by Crippen LogP contribution is 2.03. The van der Waals surface area contributed by atoms with Gasteiger partial charge in [-0.25, -0.2) is 4.79 Å². The zero-order valence-electron chi connectivity index (χ0n) is 5.96. The van der Waals surface area contributed by atoms with Crippen LogP contribution in [0.25, 0.3) is 0 Å². The van der Waals surface area contributed by atoms with Gasteiger partial charge in [0.05, 0.1) is 0 Å². The summed E-state index contributed by atoms with van der Waals surface area (Å²) in [7, 11) is 0. The number of aldehydes is 1. The molecule has 0 aromatic heterocycles. The van der Waals surface area contributed by atoms with E-state index in [1.165, 1.54) is 13.8 Å². The van der Waals surface area contributed by atoms with E-state index in [0.29, 0.717) is 6.29 Å². The maximum Gasteiger partial charge on any atom is 0.329 e. The Hall–Kier alpha value is -0.900. The van der Waals surface area contributed by atoms with Crippen LogP contribution in [0.1, 0.15) is 13.8 Å². The predicted molar refractivity (Wildman–Crippen MR) is 33.7 cm³/mol. The Kier molecular flexibility index (Phi) is 3.02. The molecule has 10 heavy (non-hydrogen) atoms. The van der Waals surface area contributed by atoms with Crippen molar-refractivity contribution in [3.05, 3.63) is 0 Å². The molecule has 0 fully saturated rings. The second kappa shape index (κ2) is 3.31. The maximum absolute atomic E-state index is 10.1. The largest absolute Gasteiger partial charge is 0.480 e. The Morgan fingerprint density at radius 3 is 2.50 bits per heavy atom. The molecule has 0 unspecified atom stereocenters. The first-order valence-corrected chi connectivity index (χ1v) is 2.80. The van der Waals surface area contributed by atoms with Crippen LogP contribution in [-0.4, -0.2) is 29.6 Å². The summed E-state index contributed by atoms with van der Waals surface area (Å²) in [5, 5.41) is 8.13. The van der Waals surface area contributed by atoms with Gasteiger partial charge in [-0.15, -0.1) is 0 Å². The van der Waals surface area contributed by atoms with Crippen molar-refractivity contribution in [2.75, 3.05) is 6.61 Å². The highest BCUT2D eigenvalue weighted by molar-refractivity contribution is 5.69. The van der Waals surface area contributed by atoms with E-state index in [-0.39, 0.29) is 0 Å². The van der Waals surface area contributed by atoms with Gasteiger partial charge in [-0.3, -0.25) is 0 Å². The number of aliphatic carboxylic acids is 1. The van der Waals surface area contributed by atoms with Crippen molar-refractivity contribution in [1.82, 2.24) is 0 Å². The molecule has 0 aromatic rings. The standard InChI is InChI=1S/C6H10O4/c1-6(2,4-7)10-3-5(8)9/h4H,3H2,1-2H3,(H,8,9). The Labute approximate surface area is 58.8 Å². The van der Waals surface area contributed by atoms with E-state index in [1.807, 2.05) is 0 Å². The van der Waals surface area contributed by atoms with Gasteiger partial charge in [0, 0.05) is 0 Å². The number of carbonyl (C=O) groups is 2. The van der Waals surface area contributed by atoms with E-state index in [1.54, 1.807) is 0 Å². The summed E-state index contributed by atoms with van der Waals surface area (Å²) >= 11 is 0. The fraction of sp³-hybridized carbons (Fsp3) is 0.667. The van der Waals surface area contributed by atoms with Crippen LogP contribution in [0.3, 0.4) is 0 Å².